The van der Waals surface area contributed by atoms with Gasteiger partial charge in [0.2, 0.25) is 0 Å². The van der Waals surface area contributed by atoms with E-state index in [9.17, 15) is 5.11 Å². The van der Waals surface area contributed by atoms with E-state index < -0.39 is 0 Å². The summed E-state index contributed by atoms with van der Waals surface area (Å²) in [6, 6.07) is 8.44. The van der Waals surface area contributed by atoms with Crippen LogP contribution in [0.25, 0.3) is 0 Å². The molecule has 0 bridgehead atoms. The zero-order valence-electron chi connectivity index (χ0n) is 12.0. The number of hydrogen-bond acceptors (Lipinski definition) is 2. The minimum absolute atomic E-state index is 0.166. The van der Waals surface area contributed by atoms with Gasteiger partial charge in [0.1, 0.15) is 0 Å². The van der Waals surface area contributed by atoms with Crippen molar-refractivity contribution in [1.82, 2.24) is 0 Å². The average molecular weight is 262 g/mol. The van der Waals surface area contributed by atoms with Crippen LogP contribution in [0, 0.1) is 6.92 Å². The Morgan fingerprint density at radius 1 is 1.32 bits per heavy atom. The molecule has 1 aromatic rings. The summed E-state index contributed by atoms with van der Waals surface area (Å²) in [5.74, 6) is 0. The summed E-state index contributed by atoms with van der Waals surface area (Å²) >= 11 is 0. The molecule has 1 heterocycles. The molecule has 0 radical (unpaired) electrons. The summed E-state index contributed by atoms with van der Waals surface area (Å²) in [4.78, 5) is 0. The van der Waals surface area contributed by atoms with Crippen molar-refractivity contribution in [3.05, 3.63) is 35.4 Å². The van der Waals surface area contributed by atoms with Crippen LogP contribution in [0.1, 0.15) is 49.7 Å². The van der Waals surface area contributed by atoms with Gasteiger partial charge in [-0.2, -0.15) is 0 Å². The standard InChI is InChI=1S/C17H26O2/c1-14-6-2-3-7-15(14)11-12-16(18)8-4-9-17-10-5-13-19-17/h2-3,6-7,16-18H,4-5,8-13H2,1H3. The number of ether oxygens (including phenoxy) is 1. The molecule has 2 rings (SSSR count). The molecular formula is C17H26O2. The summed E-state index contributed by atoms with van der Waals surface area (Å²) in [5, 5.41) is 10.0. The number of benzene rings is 1. The van der Waals surface area contributed by atoms with Crippen molar-refractivity contribution >= 4 is 0 Å². The summed E-state index contributed by atoms with van der Waals surface area (Å²) in [7, 11) is 0. The second-order valence-electron chi connectivity index (χ2n) is 5.68. The molecule has 0 amide bonds. The van der Waals surface area contributed by atoms with Crippen molar-refractivity contribution in [2.24, 2.45) is 0 Å². The molecule has 1 saturated heterocycles. The molecule has 0 aliphatic carbocycles. The van der Waals surface area contributed by atoms with Crippen LogP contribution in [0.4, 0.5) is 0 Å². The predicted molar refractivity (Wildman–Crippen MR) is 78.3 cm³/mol. The lowest BCUT2D eigenvalue weighted by molar-refractivity contribution is 0.0933. The molecule has 2 unspecified atom stereocenters. The first-order valence-electron chi connectivity index (χ1n) is 7.60. The van der Waals surface area contributed by atoms with Crippen LogP contribution in [0.15, 0.2) is 24.3 Å². The topological polar surface area (TPSA) is 29.5 Å². The van der Waals surface area contributed by atoms with Gasteiger partial charge in [0, 0.05) is 6.61 Å². The van der Waals surface area contributed by atoms with Crippen molar-refractivity contribution in [3.8, 4) is 0 Å². The fraction of sp³-hybridized carbons (Fsp3) is 0.647. The van der Waals surface area contributed by atoms with E-state index in [0.717, 1.165) is 38.7 Å². The fourth-order valence-electron chi connectivity index (χ4n) is 2.81. The van der Waals surface area contributed by atoms with Gasteiger partial charge in [0.15, 0.2) is 0 Å². The lowest BCUT2D eigenvalue weighted by Gasteiger charge is -2.13. The molecule has 1 N–H and O–H groups in total. The summed E-state index contributed by atoms with van der Waals surface area (Å²) in [5.41, 5.74) is 2.69. The Hall–Kier alpha value is -0.860. The Morgan fingerprint density at radius 3 is 2.89 bits per heavy atom. The molecule has 1 aliphatic rings. The molecule has 0 aromatic heterocycles. The number of aryl methyl sites for hydroxylation is 2. The number of hydrogen-bond donors (Lipinski definition) is 1. The maximum absolute atomic E-state index is 10.0. The van der Waals surface area contributed by atoms with Crippen molar-refractivity contribution < 1.29 is 9.84 Å². The van der Waals surface area contributed by atoms with E-state index in [2.05, 4.69) is 31.2 Å². The Balaban J connectivity index is 1.61. The number of rotatable bonds is 7. The van der Waals surface area contributed by atoms with Crippen LogP contribution in [0.3, 0.4) is 0 Å². The van der Waals surface area contributed by atoms with Gasteiger partial charge in [-0.15, -0.1) is 0 Å². The first-order chi connectivity index (χ1) is 9.25. The van der Waals surface area contributed by atoms with Gasteiger partial charge in [-0.05, 0) is 63.0 Å². The van der Waals surface area contributed by atoms with Crippen molar-refractivity contribution in [2.45, 2.75) is 64.1 Å². The second-order valence-corrected chi connectivity index (χ2v) is 5.68. The van der Waals surface area contributed by atoms with Crippen LogP contribution < -0.4 is 0 Å². The number of aliphatic hydroxyl groups is 1. The molecule has 19 heavy (non-hydrogen) atoms. The summed E-state index contributed by atoms with van der Waals surface area (Å²) in [6.45, 7) is 3.07. The highest BCUT2D eigenvalue weighted by Crippen LogP contribution is 2.19. The maximum Gasteiger partial charge on any atom is 0.0576 e. The fourth-order valence-corrected chi connectivity index (χ4v) is 2.81. The Bertz CT molecular complexity index is 369. The van der Waals surface area contributed by atoms with Crippen LogP contribution in [-0.2, 0) is 11.2 Å². The molecule has 1 aliphatic heterocycles. The predicted octanol–water partition coefficient (Wildman–Crippen LogP) is 3.64. The third-order valence-electron chi connectivity index (χ3n) is 4.10. The zero-order valence-corrected chi connectivity index (χ0v) is 12.0. The van der Waals surface area contributed by atoms with Gasteiger partial charge in [-0.3, -0.25) is 0 Å². The Morgan fingerprint density at radius 2 is 2.16 bits per heavy atom. The second kappa shape index (κ2) is 7.66. The summed E-state index contributed by atoms with van der Waals surface area (Å²) < 4.78 is 5.60. The lowest BCUT2D eigenvalue weighted by Crippen LogP contribution is -2.11. The molecule has 1 fully saturated rings. The minimum Gasteiger partial charge on any atom is -0.393 e. The van der Waals surface area contributed by atoms with Gasteiger partial charge in [0.05, 0.1) is 12.2 Å². The molecule has 2 heteroatoms. The van der Waals surface area contributed by atoms with E-state index >= 15 is 0 Å². The van der Waals surface area contributed by atoms with Crippen LogP contribution in [0.5, 0.6) is 0 Å². The van der Waals surface area contributed by atoms with Gasteiger partial charge in [-0.25, -0.2) is 0 Å². The molecule has 106 valence electrons. The number of aliphatic hydroxyl groups excluding tert-OH is 1. The Labute approximate surface area is 116 Å². The first kappa shape index (κ1) is 14.5. The Kier molecular flexibility index (Phi) is 5.87. The van der Waals surface area contributed by atoms with Gasteiger partial charge >= 0.3 is 0 Å². The quantitative estimate of drug-likeness (QED) is 0.813. The highest BCUT2D eigenvalue weighted by molar-refractivity contribution is 5.25. The van der Waals surface area contributed by atoms with Gasteiger partial charge in [-0.1, -0.05) is 24.3 Å². The highest BCUT2D eigenvalue weighted by atomic mass is 16.5. The summed E-state index contributed by atoms with van der Waals surface area (Å²) in [6.07, 6.45) is 7.67. The van der Waals surface area contributed by atoms with Crippen LogP contribution >= 0.6 is 0 Å². The monoisotopic (exact) mass is 262 g/mol. The average Bonchev–Trinajstić information content (AvgIpc) is 2.91. The molecule has 2 atom stereocenters. The molecule has 0 spiro atoms. The van der Waals surface area contributed by atoms with Crippen molar-refractivity contribution in [2.75, 3.05) is 6.61 Å². The normalized spacial score (nSPS) is 20.6. The minimum atomic E-state index is -0.166. The van der Waals surface area contributed by atoms with E-state index in [1.54, 1.807) is 0 Å². The van der Waals surface area contributed by atoms with Gasteiger partial charge < -0.3 is 9.84 Å². The molecule has 0 saturated carbocycles. The SMILES string of the molecule is Cc1ccccc1CCC(O)CCCC1CCCO1. The van der Waals surface area contributed by atoms with Crippen molar-refractivity contribution in [3.63, 3.8) is 0 Å². The smallest absolute Gasteiger partial charge is 0.0576 e. The third kappa shape index (κ3) is 4.96. The lowest BCUT2D eigenvalue weighted by atomic mass is 9.99. The zero-order chi connectivity index (χ0) is 13.5. The van der Waals surface area contributed by atoms with E-state index in [-0.39, 0.29) is 6.10 Å². The maximum atomic E-state index is 10.0. The van der Waals surface area contributed by atoms with Gasteiger partial charge in [0.25, 0.3) is 0 Å². The molecule has 1 aromatic carbocycles. The largest absolute Gasteiger partial charge is 0.393 e. The van der Waals surface area contributed by atoms with E-state index in [0.29, 0.717) is 6.10 Å². The van der Waals surface area contributed by atoms with E-state index in [4.69, 9.17) is 4.74 Å². The van der Waals surface area contributed by atoms with Crippen LogP contribution in [0.2, 0.25) is 0 Å². The first-order valence-corrected chi connectivity index (χ1v) is 7.60. The van der Waals surface area contributed by atoms with Crippen molar-refractivity contribution in [1.29, 1.82) is 0 Å². The van der Waals surface area contributed by atoms with E-state index in [1.807, 2.05) is 0 Å². The highest BCUT2D eigenvalue weighted by Gasteiger charge is 2.15. The third-order valence-corrected chi connectivity index (χ3v) is 4.10. The molecular weight excluding hydrogens is 236 g/mol. The van der Waals surface area contributed by atoms with Crippen LogP contribution in [-0.4, -0.2) is 23.9 Å². The molecule has 2 nitrogen and oxygen atoms in total. The van der Waals surface area contributed by atoms with E-state index in [1.165, 1.54) is 24.0 Å².